The molecule has 1 amide bonds. The molecule has 8 nitrogen and oxygen atoms in total. The number of anilines is 1. The lowest BCUT2D eigenvalue weighted by Crippen LogP contribution is -2.27. The van der Waals surface area contributed by atoms with E-state index in [1.807, 2.05) is 36.4 Å². The van der Waals surface area contributed by atoms with Gasteiger partial charge in [0.05, 0.1) is 18.4 Å². The second-order valence-electron chi connectivity index (χ2n) is 7.17. The first-order chi connectivity index (χ1) is 16.5. The smallest absolute Gasteiger partial charge is 0.362 e. The molecular formula is C25H20FN3O5. The third kappa shape index (κ3) is 4.93. The first kappa shape index (κ1) is 22.7. The molecule has 0 spiro atoms. The number of aromatic nitrogens is 2. The Balaban J connectivity index is 1.58. The summed E-state index contributed by atoms with van der Waals surface area (Å²) in [5, 5.41) is 8.62. The number of hydrogen-bond donors (Lipinski definition) is 1. The summed E-state index contributed by atoms with van der Waals surface area (Å²) in [6.45, 7) is 1.21. The minimum atomic E-state index is -0.831. The van der Waals surface area contributed by atoms with Crippen molar-refractivity contribution in [1.29, 1.82) is 0 Å². The number of rotatable bonds is 7. The van der Waals surface area contributed by atoms with E-state index >= 15 is 0 Å². The van der Waals surface area contributed by atoms with Crippen LogP contribution in [0.25, 0.3) is 16.5 Å². The summed E-state index contributed by atoms with van der Waals surface area (Å²) < 4.78 is 24.7. The SMILES string of the molecule is CCOC(=O)c1nn(-c2ccc(F)cc2)c(=O)cc1OCC(=O)Nc1cccc2ccccc12. The zero-order chi connectivity index (χ0) is 24.1. The monoisotopic (exact) mass is 461 g/mol. The highest BCUT2D eigenvalue weighted by molar-refractivity contribution is 6.02. The maximum atomic E-state index is 13.3. The van der Waals surface area contributed by atoms with Crippen LogP contribution < -0.4 is 15.6 Å². The van der Waals surface area contributed by atoms with Crippen LogP contribution in [0.3, 0.4) is 0 Å². The van der Waals surface area contributed by atoms with E-state index < -0.39 is 29.9 Å². The molecule has 34 heavy (non-hydrogen) atoms. The summed E-state index contributed by atoms with van der Waals surface area (Å²) in [5.74, 6) is -2.01. The lowest BCUT2D eigenvalue weighted by molar-refractivity contribution is -0.118. The van der Waals surface area contributed by atoms with Gasteiger partial charge in [0.15, 0.2) is 12.4 Å². The lowest BCUT2D eigenvalue weighted by atomic mass is 10.1. The predicted octanol–water partition coefficient (Wildman–Crippen LogP) is 3.72. The van der Waals surface area contributed by atoms with Crippen molar-refractivity contribution < 1.29 is 23.5 Å². The van der Waals surface area contributed by atoms with Gasteiger partial charge < -0.3 is 14.8 Å². The maximum Gasteiger partial charge on any atom is 0.362 e. The molecule has 0 aliphatic carbocycles. The second-order valence-corrected chi connectivity index (χ2v) is 7.17. The van der Waals surface area contributed by atoms with Gasteiger partial charge >= 0.3 is 5.97 Å². The number of carbonyl (C=O) groups is 2. The van der Waals surface area contributed by atoms with E-state index in [0.717, 1.165) is 33.7 Å². The van der Waals surface area contributed by atoms with Crippen LogP contribution in [-0.4, -0.2) is 34.9 Å². The van der Waals surface area contributed by atoms with Gasteiger partial charge in [0.2, 0.25) is 5.69 Å². The summed E-state index contributed by atoms with van der Waals surface area (Å²) in [6, 6.07) is 19.1. The average Bonchev–Trinajstić information content (AvgIpc) is 2.84. The molecule has 4 aromatic rings. The molecule has 0 fully saturated rings. The molecule has 1 heterocycles. The standard InChI is InChI=1S/C25H20FN3O5/c1-2-33-25(32)24-21(14-23(31)29(28-24)18-12-10-17(26)11-13-18)34-15-22(30)27-20-9-5-7-16-6-3-4-8-19(16)20/h3-14H,2,15H2,1H3,(H,27,30). The van der Waals surface area contributed by atoms with Crippen molar-refractivity contribution in [2.75, 3.05) is 18.5 Å². The number of fused-ring (bicyclic) bond motifs is 1. The summed E-state index contributed by atoms with van der Waals surface area (Å²) in [6.07, 6.45) is 0. The molecule has 172 valence electrons. The van der Waals surface area contributed by atoms with Gasteiger partial charge in [-0.25, -0.2) is 9.18 Å². The largest absolute Gasteiger partial charge is 0.481 e. The van der Waals surface area contributed by atoms with Crippen LogP contribution >= 0.6 is 0 Å². The van der Waals surface area contributed by atoms with E-state index in [4.69, 9.17) is 9.47 Å². The Kier molecular flexibility index (Phi) is 6.63. The van der Waals surface area contributed by atoms with Crippen LogP contribution in [0.1, 0.15) is 17.4 Å². The molecular weight excluding hydrogens is 441 g/mol. The number of nitrogens with one attached hydrogen (secondary N) is 1. The highest BCUT2D eigenvalue weighted by atomic mass is 19.1. The molecule has 3 aromatic carbocycles. The average molecular weight is 461 g/mol. The zero-order valence-corrected chi connectivity index (χ0v) is 18.2. The van der Waals surface area contributed by atoms with E-state index in [-0.39, 0.29) is 23.7 Å². The fourth-order valence-electron chi connectivity index (χ4n) is 3.32. The summed E-state index contributed by atoms with van der Waals surface area (Å²) in [5.41, 5.74) is -0.0766. The third-order valence-electron chi connectivity index (χ3n) is 4.86. The van der Waals surface area contributed by atoms with Crippen molar-refractivity contribution in [2.24, 2.45) is 0 Å². The van der Waals surface area contributed by atoms with Crippen LogP contribution in [0, 0.1) is 5.82 Å². The molecule has 0 saturated carbocycles. The van der Waals surface area contributed by atoms with E-state index in [9.17, 15) is 18.8 Å². The van der Waals surface area contributed by atoms with Crippen LogP contribution in [-0.2, 0) is 9.53 Å². The summed E-state index contributed by atoms with van der Waals surface area (Å²) in [4.78, 5) is 37.6. The van der Waals surface area contributed by atoms with Gasteiger partial charge in [0, 0.05) is 11.1 Å². The Morgan fingerprint density at radius 3 is 2.53 bits per heavy atom. The van der Waals surface area contributed by atoms with Crippen molar-refractivity contribution in [2.45, 2.75) is 6.92 Å². The number of ether oxygens (including phenoxy) is 2. The third-order valence-corrected chi connectivity index (χ3v) is 4.86. The van der Waals surface area contributed by atoms with Gasteiger partial charge in [0.25, 0.3) is 11.5 Å². The van der Waals surface area contributed by atoms with Crippen molar-refractivity contribution >= 4 is 28.3 Å². The van der Waals surface area contributed by atoms with Crippen LogP contribution in [0.2, 0.25) is 0 Å². The van der Waals surface area contributed by atoms with Gasteiger partial charge in [-0.15, -0.1) is 0 Å². The number of halogens is 1. The van der Waals surface area contributed by atoms with E-state index in [1.54, 1.807) is 13.0 Å². The Hall–Kier alpha value is -4.53. The highest BCUT2D eigenvalue weighted by Gasteiger charge is 2.21. The van der Waals surface area contributed by atoms with Gasteiger partial charge in [-0.2, -0.15) is 9.78 Å². The number of nitrogens with zero attached hydrogens (tertiary/aromatic N) is 2. The molecule has 0 bridgehead atoms. The van der Waals surface area contributed by atoms with Gasteiger partial charge in [-0.3, -0.25) is 9.59 Å². The number of hydrogen-bond acceptors (Lipinski definition) is 6. The number of carbonyl (C=O) groups excluding carboxylic acids is 2. The van der Waals surface area contributed by atoms with Gasteiger partial charge in [0.1, 0.15) is 5.82 Å². The van der Waals surface area contributed by atoms with Gasteiger partial charge in [-0.1, -0.05) is 36.4 Å². The number of benzene rings is 3. The first-order valence-electron chi connectivity index (χ1n) is 10.4. The zero-order valence-electron chi connectivity index (χ0n) is 18.2. The number of amides is 1. The normalized spacial score (nSPS) is 10.6. The van der Waals surface area contributed by atoms with Crippen molar-refractivity contribution in [1.82, 2.24) is 9.78 Å². The molecule has 0 unspecified atom stereocenters. The molecule has 0 atom stereocenters. The Bertz CT molecular complexity index is 1410. The molecule has 1 N–H and O–H groups in total. The molecule has 0 aliphatic heterocycles. The molecule has 0 saturated heterocycles. The van der Waals surface area contributed by atoms with Crippen molar-refractivity contribution in [3.63, 3.8) is 0 Å². The minimum Gasteiger partial charge on any atom is -0.481 e. The Labute approximate surface area is 193 Å². The Morgan fingerprint density at radius 2 is 1.76 bits per heavy atom. The predicted molar refractivity (Wildman–Crippen MR) is 124 cm³/mol. The van der Waals surface area contributed by atoms with Crippen molar-refractivity contribution in [3.05, 3.63) is 94.7 Å². The Morgan fingerprint density at radius 1 is 1.03 bits per heavy atom. The summed E-state index contributed by atoms with van der Waals surface area (Å²) >= 11 is 0. The minimum absolute atomic E-state index is 0.0667. The van der Waals surface area contributed by atoms with E-state index in [0.29, 0.717) is 5.69 Å². The molecule has 0 radical (unpaired) electrons. The fourth-order valence-corrected chi connectivity index (χ4v) is 3.32. The lowest BCUT2D eigenvalue weighted by Gasteiger charge is -2.13. The highest BCUT2D eigenvalue weighted by Crippen LogP contribution is 2.23. The number of esters is 1. The van der Waals surface area contributed by atoms with Gasteiger partial charge in [-0.05, 0) is 42.6 Å². The van der Waals surface area contributed by atoms with E-state index in [2.05, 4.69) is 10.4 Å². The summed E-state index contributed by atoms with van der Waals surface area (Å²) in [7, 11) is 0. The van der Waals surface area contributed by atoms with Crippen molar-refractivity contribution in [3.8, 4) is 11.4 Å². The van der Waals surface area contributed by atoms with Crippen LogP contribution in [0.4, 0.5) is 10.1 Å². The molecule has 0 aliphatic rings. The topological polar surface area (TPSA) is 99.5 Å². The molecule has 4 rings (SSSR count). The quantitative estimate of drug-likeness (QED) is 0.421. The first-order valence-corrected chi connectivity index (χ1v) is 10.4. The molecule has 1 aromatic heterocycles. The van der Waals surface area contributed by atoms with E-state index in [1.165, 1.54) is 12.1 Å². The second kappa shape index (κ2) is 9.95. The maximum absolute atomic E-state index is 13.3. The van der Waals surface area contributed by atoms with Crippen LogP contribution in [0.5, 0.6) is 5.75 Å². The van der Waals surface area contributed by atoms with Crippen LogP contribution in [0.15, 0.2) is 77.6 Å². The fraction of sp³-hybridized carbons (Fsp3) is 0.120. The molecule has 9 heteroatoms.